The lowest BCUT2D eigenvalue weighted by molar-refractivity contribution is -0.135. The van der Waals surface area contributed by atoms with E-state index in [1.165, 1.54) is 0 Å². The molecule has 0 bridgehead atoms. The highest BCUT2D eigenvalue weighted by Gasteiger charge is 2.60. The van der Waals surface area contributed by atoms with Crippen molar-refractivity contribution in [1.82, 2.24) is 15.1 Å². The molecule has 170 valence electrons. The van der Waals surface area contributed by atoms with E-state index in [1.54, 1.807) is 17.0 Å². The third-order valence-corrected chi connectivity index (χ3v) is 7.36. The first-order valence-corrected chi connectivity index (χ1v) is 11.2. The molecule has 2 amide bonds. The van der Waals surface area contributed by atoms with Crippen LogP contribution in [0, 0.1) is 11.3 Å². The van der Waals surface area contributed by atoms with E-state index in [9.17, 15) is 18.4 Å². The predicted octanol–water partition coefficient (Wildman–Crippen LogP) is 2.90. The number of hydrogen-bond acceptors (Lipinski definition) is 4. The summed E-state index contributed by atoms with van der Waals surface area (Å²) in [6.07, 6.45) is 1.17. The van der Waals surface area contributed by atoms with E-state index in [0.717, 1.165) is 5.56 Å². The van der Waals surface area contributed by atoms with Crippen molar-refractivity contribution in [3.63, 3.8) is 0 Å². The number of benzene rings is 1. The largest absolute Gasteiger partial charge is 0.398 e. The number of hydrogen-bond donors (Lipinski definition) is 2. The fourth-order valence-electron chi connectivity index (χ4n) is 4.89. The predicted molar refractivity (Wildman–Crippen MR) is 115 cm³/mol. The molecule has 1 saturated heterocycles. The van der Waals surface area contributed by atoms with Gasteiger partial charge in [0.05, 0.1) is 6.54 Å². The number of carbonyl (C=O) groups is 2. The Morgan fingerprint density at radius 3 is 2.48 bits per heavy atom. The molecule has 1 heterocycles. The lowest BCUT2D eigenvalue weighted by Gasteiger charge is -2.35. The molecule has 1 unspecified atom stereocenters. The Balaban J connectivity index is 1.19. The Labute approximate surface area is 186 Å². The maximum absolute atomic E-state index is 13.4. The van der Waals surface area contributed by atoms with Crippen LogP contribution in [-0.2, 0) is 16.1 Å². The number of anilines is 1. The number of rotatable bonds is 5. The van der Waals surface area contributed by atoms with Gasteiger partial charge in [0.1, 0.15) is 0 Å². The quantitative estimate of drug-likeness (QED) is 0.670. The standard InChI is InChI=1S/C22H29ClF2N4O2/c23-16-1-2-18(26)15(11-16)14-28-7-9-29(10-8-28)19(30)13-27-20(31)17-12-21(17)3-5-22(24,25)6-4-21/h1-2,11,17H,3-10,12-14,26H2,(H,27,31). The number of halogens is 3. The van der Waals surface area contributed by atoms with Gasteiger partial charge in [-0.3, -0.25) is 14.5 Å². The number of alkyl halides is 2. The minimum atomic E-state index is -2.59. The number of amides is 2. The molecular weight excluding hydrogens is 426 g/mol. The summed E-state index contributed by atoms with van der Waals surface area (Å²) in [5.74, 6) is -3.10. The van der Waals surface area contributed by atoms with Gasteiger partial charge in [-0.15, -0.1) is 0 Å². The lowest BCUT2D eigenvalue weighted by Crippen LogP contribution is -2.51. The smallest absolute Gasteiger partial charge is 0.248 e. The van der Waals surface area contributed by atoms with Crippen LogP contribution in [0.15, 0.2) is 18.2 Å². The number of nitrogens with one attached hydrogen (secondary N) is 1. The van der Waals surface area contributed by atoms with Crippen molar-refractivity contribution < 1.29 is 18.4 Å². The van der Waals surface area contributed by atoms with Crippen molar-refractivity contribution in [2.45, 2.75) is 44.6 Å². The molecule has 6 nitrogen and oxygen atoms in total. The second kappa shape index (κ2) is 8.54. The molecule has 1 atom stereocenters. The van der Waals surface area contributed by atoms with E-state index in [0.29, 0.717) is 62.7 Å². The molecule has 0 aromatic heterocycles. The average Bonchev–Trinajstić information content (AvgIpc) is 3.46. The molecule has 0 radical (unpaired) electrons. The molecule has 9 heteroatoms. The molecule has 3 fully saturated rings. The topological polar surface area (TPSA) is 78.7 Å². The summed E-state index contributed by atoms with van der Waals surface area (Å²) in [6, 6.07) is 5.42. The van der Waals surface area contributed by atoms with E-state index in [1.807, 2.05) is 6.07 Å². The van der Waals surface area contributed by atoms with Gasteiger partial charge < -0.3 is 16.0 Å². The van der Waals surface area contributed by atoms with Crippen LogP contribution in [0.1, 0.15) is 37.7 Å². The van der Waals surface area contributed by atoms with Crippen molar-refractivity contribution in [3.05, 3.63) is 28.8 Å². The Morgan fingerprint density at radius 2 is 1.81 bits per heavy atom. The second-order valence-electron chi connectivity index (χ2n) is 9.19. The molecule has 2 saturated carbocycles. The Bertz CT molecular complexity index is 848. The van der Waals surface area contributed by atoms with Crippen molar-refractivity contribution in [1.29, 1.82) is 0 Å². The molecule has 1 aliphatic heterocycles. The van der Waals surface area contributed by atoms with Gasteiger partial charge >= 0.3 is 0 Å². The molecule has 4 rings (SSSR count). The van der Waals surface area contributed by atoms with Gasteiger partial charge in [-0.05, 0) is 48.4 Å². The maximum Gasteiger partial charge on any atom is 0.248 e. The van der Waals surface area contributed by atoms with Crippen molar-refractivity contribution in [3.8, 4) is 0 Å². The Morgan fingerprint density at radius 1 is 1.13 bits per heavy atom. The number of nitrogens with two attached hydrogens (primary N) is 1. The Kier molecular flexibility index (Phi) is 6.14. The minimum absolute atomic E-state index is 0.0389. The van der Waals surface area contributed by atoms with E-state index in [2.05, 4.69) is 10.2 Å². The van der Waals surface area contributed by atoms with Gasteiger partial charge in [-0.1, -0.05) is 11.6 Å². The van der Waals surface area contributed by atoms with E-state index in [-0.39, 0.29) is 42.5 Å². The van der Waals surface area contributed by atoms with Crippen LogP contribution in [0.5, 0.6) is 0 Å². The normalized spacial score (nSPS) is 24.7. The highest BCUT2D eigenvalue weighted by atomic mass is 35.5. The van der Waals surface area contributed by atoms with Crippen LogP contribution in [0.4, 0.5) is 14.5 Å². The highest BCUT2D eigenvalue weighted by molar-refractivity contribution is 6.30. The van der Waals surface area contributed by atoms with Crippen molar-refractivity contribution in [2.24, 2.45) is 11.3 Å². The molecule has 2 aliphatic carbocycles. The summed E-state index contributed by atoms with van der Waals surface area (Å²) < 4.78 is 26.8. The van der Waals surface area contributed by atoms with Gasteiger partial charge in [-0.2, -0.15) is 0 Å². The molecule has 1 aromatic carbocycles. The number of nitrogens with zero attached hydrogens (tertiary/aromatic N) is 2. The maximum atomic E-state index is 13.4. The molecule has 3 aliphatic rings. The monoisotopic (exact) mass is 454 g/mol. The number of nitrogen functional groups attached to an aromatic ring is 1. The van der Waals surface area contributed by atoms with E-state index >= 15 is 0 Å². The minimum Gasteiger partial charge on any atom is -0.398 e. The van der Waals surface area contributed by atoms with Gasteiger partial charge in [0.2, 0.25) is 17.7 Å². The van der Waals surface area contributed by atoms with Crippen LogP contribution in [0.3, 0.4) is 0 Å². The summed E-state index contributed by atoms with van der Waals surface area (Å²) in [5, 5.41) is 3.38. The number of carbonyl (C=O) groups excluding carboxylic acids is 2. The summed E-state index contributed by atoms with van der Waals surface area (Å²) in [7, 11) is 0. The highest BCUT2D eigenvalue weighted by Crippen LogP contribution is 2.63. The third-order valence-electron chi connectivity index (χ3n) is 7.12. The summed E-state index contributed by atoms with van der Waals surface area (Å²) >= 11 is 6.05. The first-order chi connectivity index (χ1) is 14.7. The van der Waals surface area contributed by atoms with Crippen LogP contribution >= 0.6 is 11.6 Å². The second-order valence-corrected chi connectivity index (χ2v) is 9.63. The summed E-state index contributed by atoms with van der Waals surface area (Å²) in [5.41, 5.74) is 7.43. The van der Waals surface area contributed by atoms with E-state index in [4.69, 9.17) is 17.3 Å². The summed E-state index contributed by atoms with van der Waals surface area (Å²) in [6.45, 7) is 3.23. The fourth-order valence-corrected chi connectivity index (χ4v) is 5.08. The van der Waals surface area contributed by atoms with Gasteiger partial charge in [-0.25, -0.2) is 8.78 Å². The number of piperazine rings is 1. The van der Waals surface area contributed by atoms with Crippen LogP contribution in [0.25, 0.3) is 0 Å². The van der Waals surface area contributed by atoms with Gasteiger partial charge in [0.15, 0.2) is 0 Å². The SMILES string of the molecule is Nc1ccc(Cl)cc1CN1CCN(C(=O)CNC(=O)C2CC23CCC(F)(F)CC3)CC1. The van der Waals surface area contributed by atoms with Crippen LogP contribution in [-0.4, -0.2) is 60.3 Å². The molecular formula is C22H29ClF2N4O2. The lowest BCUT2D eigenvalue weighted by atomic mass is 9.82. The van der Waals surface area contributed by atoms with Crippen molar-refractivity contribution >= 4 is 29.1 Å². The van der Waals surface area contributed by atoms with Crippen LogP contribution in [0.2, 0.25) is 5.02 Å². The Hall–Kier alpha value is -1.93. The molecule has 3 N–H and O–H groups in total. The van der Waals surface area contributed by atoms with Gasteiger partial charge in [0, 0.05) is 62.2 Å². The molecule has 1 aromatic rings. The third kappa shape index (κ3) is 5.12. The van der Waals surface area contributed by atoms with E-state index < -0.39 is 5.92 Å². The van der Waals surface area contributed by atoms with Crippen LogP contribution < -0.4 is 11.1 Å². The first kappa shape index (κ1) is 22.3. The zero-order chi connectivity index (χ0) is 22.2. The van der Waals surface area contributed by atoms with Crippen molar-refractivity contribution in [2.75, 3.05) is 38.5 Å². The van der Waals surface area contributed by atoms with Gasteiger partial charge in [0.25, 0.3) is 0 Å². The molecule has 31 heavy (non-hydrogen) atoms. The molecule has 1 spiro atoms. The first-order valence-electron chi connectivity index (χ1n) is 10.9. The zero-order valence-electron chi connectivity index (χ0n) is 17.5. The zero-order valence-corrected chi connectivity index (χ0v) is 18.3. The summed E-state index contributed by atoms with van der Waals surface area (Å²) in [4.78, 5) is 28.9. The fraction of sp³-hybridized carbons (Fsp3) is 0.636. The average molecular weight is 455 g/mol.